The SMILES string of the molecule is COc1ccc(N2CC(C(=O)Nc3ccc(CN4CCCC(C)C4)cc3)CC2=O)cc1. The lowest BCUT2D eigenvalue weighted by atomic mass is 10.00. The number of carbonyl (C=O) groups excluding carboxylic acids is 2. The maximum absolute atomic E-state index is 12.8. The first-order valence-electron chi connectivity index (χ1n) is 11.1. The monoisotopic (exact) mass is 421 g/mol. The van der Waals surface area contributed by atoms with E-state index in [2.05, 4.69) is 29.3 Å². The number of nitrogens with zero attached hydrogens (tertiary/aromatic N) is 2. The number of ether oxygens (including phenoxy) is 1. The minimum atomic E-state index is -0.357. The van der Waals surface area contributed by atoms with E-state index in [1.165, 1.54) is 18.4 Å². The van der Waals surface area contributed by atoms with Gasteiger partial charge in [-0.05, 0) is 67.3 Å². The third-order valence-electron chi connectivity index (χ3n) is 6.25. The standard InChI is InChI=1S/C25H31N3O3/c1-18-4-3-13-27(15-18)16-19-5-7-21(8-6-19)26-25(30)20-14-24(29)28(17-20)22-9-11-23(31-2)12-10-22/h5-12,18,20H,3-4,13-17H2,1-2H3,(H,26,30). The first-order chi connectivity index (χ1) is 15.0. The Kier molecular flexibility index (Phi) is 6.56. The molecule has 2 amide bonds. The van der Waals surface area contributed by atoms with Crippen molar-refractivity contribution in [2.45, 2.75) is 32.7 Å². The summed E-state index contributed by atoms with van der Waals surface area (Å²) in [6, 6.07) is 15.4. The number of rotatable bonds is 6. The van der Waals surface area contributed by atoms with E-state index in [0.717, 1.165) is 42.7 Å². The molecule has 6 heteroatoms. The molecule has 0 bridgehead atoms. The summed E-state index contributed by atoms with van der Waals surface area (Å²) < 4.78 is 5.17. The fraction of sp³-hybridized carbons (Fsp3) is 0.440. The van der Waals surface area contributed by atoms with Crippen LogP contribution in [0.15, 0.2) is 48.5 Å². The highest BCUT2D eigenvalue weighted by molar-refractivity contribution is 6.03. The summed E-state index contributed by atoms with van der Waals surface area (Å²) in [5, 5.41) is 2.98. The quantitative estimate of drug-likeness (QED) is 0.768. The van der Waals surface area contributed by atoms with Gasteiger partial charge in [-0.25, -0.2) is 0 Å². The number of nitrogens with one attached hydrogen (secondary N) is 1. The van der Waals surface area contributed by atoms with Crippen LogP contribution in [-0.2, 0) is 16.1 Å². The maximum atomic E-state index is 12.8. The molecule has 2 aliphatic rings. The third-order valence-corrected chi connectivity index (χ3v) is 6.25. The van der Waals surface area contributed by atoms with Gasteiger partial charge in [-0.15, -0.1) is 0 Å². The van der Waals surface area contributed by atoms with Crippen molar-refractivity contribution in [3.8, 4) is 5.75 Å². The molecule has 2 saturated heterocycles. The molecule has 2 atom stereocenters. The van der Waals surface area contributed by atoms with Crippen LogP contribution in [-0.4, -0.2) is 43.5 Å². The lowest BCUT2D eigenvalue weighted by Gasteiger charge is -2.30. The number of piperidine rings is 1. The maximum Gasteiger partial charge on any atom is 0.229 e. The number of anilines is 2. The molecule has 2 aromatic rings. The molecule has 4 rings (SSSR count). The summed E-state index contributed by atoms with van der Waals surface area (Å²) in [6.45, 7) is 5.96. The van der Waals surface area contributed by atoms with Crippen LogP contribution in [0.5, 0.6) is 5.75 Å². The van der Waals surface area contributed by atoms with Gasteiger partial charge in [0.2, 0.25) is 11.8 Å². The van der Waals surface area contributed by atoms with Crippen molar-refractivity contribution in [2.75, 3.05) is 37.0 Å². The summed E-state index contributed by atoms with van der Waals surface area (Å²) in [7, 11) is 1.61. The van der Waals surface area contributed by atoms with Crippen LogP contribution in [0.3, 0.4) is 0 Å². The smallest absolute Gasteiger partial charge is 0.229 e. The zero-order valence-corrected chi connectivity index (χ0v) is 18.3. The lowest BCUT2D eigenvalue weighted by molar-refractivity contribution is -0.122. The molecule has 0 aromatic heterocycles. The molecule has 2 aromatic carbocycles. The summed E-state index contributed by atoms with van der Waals surface area (Å²) in [4.78, 5) is 29.4. The predicted octanol–water partition coefficient (Wildman–Crippen LogP) is 3.92. The van der Waals surface area contributed by atoms with Crippen LogP contribution in [0.2, 0.25) is 0 Å². The molecule has 2 aliphatic heterocycles. The van der Waals surface area contributed by atoms with Gasteiger partial charge in [0, 0.05) is 37.4 Å². The second kappa shape index (κ2) is 9.52. The van der Waals surface area contributed by atoms with Gasteiger partial charge in [0.1, 0.15) is 5.75 Å². The van der Waals surface area contributed by atoms with Crippen molar-refractivity contribution in [3.05, 3.63) is 54.1 Å². The Labute approximate surface area is 184 Å². The van der Waals surface area contributed by atoms with Crippen LogP contribution >= 0.6 is 0 Å². The van der Waals surface area contributed by atoms with E-state index < -0.39 is 0 Å². The largest absolute Gasteiger partial charge is 0.497 e. The molecule has 0 aliphatic carbocycles. The first kappa shape index (κ1) is 21.4. The van der Waals surface area contributed by atoms with Gasteiger partial charge in [0.15, 0.2) is 0 Å². The number of amides is 2. The van der Waals surface area contributed by atoms with E-state index in [0.29, 0.717) is 6.54 Å². The minimum absolute atomic E-state index is 0.0311. The molecule has 2 fully saturated rings. The third kappa shape index (κ3) is 5.25. The van der Waals surface area contributed by atoms with Gasteiger partial charge in [0.25, 0.3) is 0 Å². The molecular formula is C25H31N3O3. The van der Waals surface area contributed by atoms with Gasteiger partial charge >= 0.3 is 0 Å². The number of benzene rings is 2. The van der Waals surface area contributed by atoms with E-state index in [9.17, 15) is 9.59 Å². The van der Waals surface area contributed by atoms with Crippen molar-refractivity contribution < 1.29 is 14.3 Å². The van der Waals surface area contributed by atoms with Crippen LogP contribution in [0, 0.1) is 11.8 Å². The number of carbonyl (C=O) groups is 2. The summed E-state index contributed by atoms with van der Waals surface area (Å²) in [5.41, 5.74) is 2.82. The van der Waals surface area contributed by atoms with Crippen LogP contribution in [0.4, 0.5) is 11.4 Å². The van der Waals surface area contributed by atoms with Crippen LogP contribution < -0.4 is 15.0 Å². The zero-order chi connectivity index (χ0) is 21.8. The van der Waals surface area contributed by atoms with Crippen LogP contribution in [0.25, 0.3) is 0 Å². The van der Waals surface area contributed by atoms with E-state index in [1.807, 2.05) is 36.4 Å². The Morgan fingerprint density at radius 3 is 2.52 bits per heavy atom. The average molecular weight is 422 g/mol. The van der Waals surface area contributed by atoms with Gasteiger partial charge in [-0.3, -0.25) is 14.5 Å². The second-order valence-electron chi connectivity index (χ2n) is 8.77. The molecule has 164 valence electrons. The highest BCUT2D eigenvalue weighted by Crippen LogP contribution is 2.28. The molecule has 2 heterocycles. The topological polar surface area (TPSA) is 61.9 Å². The minimum Gasteiger partial charge on any atom is -0.497 e. The second-order valence-corrected chi connectivity index (χ2v) is 8.77. The Morgan fingerprint density at radius 1 is 1.10 bits per heavy atom. The molecule has 2 unspecified atom stereocenters. The molecule has 0 spiro atoms. The first-order valence-corrected chi connectivity index (χ1v) is 11.1. The number of likely N-dealkylation sites (tertiary alicyclic amines) is 1. The van der Waals surface area contributed by atoms with E-state index >= 15 is 0 Å². The average Bonchev–Trinajstić information content (AvgIpc) is 3.17. The van der Waals surface area contributed by atoms with Gasteiger partial charge < -0.3 is 15.0 Å². The molecule has 0 saturated carbocycles. The molecule has 6 nitrogen and oxygen atoms in total. The molecule has 1 N–H and O–H groups in total. The van der Waals surface area contributed by atoms with Gasteiger partial charge in [0.05, 0.1) is 13.0 Å². The predicted molar refractivity (Wildman–Crippen MR) is 122 cm³/mol. The number of methoxy groups -OCH3 is 1. The van der Waals surface area contributed by atoms with E-state index in [-0.39, 0.29) is 24.2 Å². The van der Waals surface area contributed by atoms with Gasteiger partial charge in [-0.2, -0.15) is 0 Å². The van der Waals surface area contributed by atoms with Crippen molar-refractivity contribution in [3.63, 3.8) is 0 Å². The van der Waals surface area contributed by atoms with Gasteiger partial charge in [-0.1, -0.05) is 19.1 Å². The van der Waals surface area contributed by atoms with Crippen molar-refractivity contribution in [1.29, 1.82) is 0 Å². The molecular weight excluding hydrogens is 390 g/mol. The highest BCUT2D eigenvalue weighted by atomic mass is 16.5. The van der Waals surface area contributed by atoms with Crippen molar-refractivity contribution in [2.24, 2.45) is 11.8 Å². The fourth-order valence-corrected chi connectivity index (χ4v) is 4.52. The highest BCUT2D eigenvalue weighted by Gasteiger charge is 2.35. The number of hydrogen-bond donors (Lipinski definition) is 1. The zero-order valence-electron chi connectivity index (χ0n) is 18.3. The Hall–Kier alpha value is -2.86. The molecule has 31 heavy (non-hydrogen) atoms. The molecule has 0 radical (unpaired) electrons. The van der Waals surface area contributed by atoms with E-state index in [4.69, 9.17) is 4.74 Å². The van der Waals surface area contributed by atoms with E-state index in [1.54, 1.807) is 12.0 Å². The fourth-order valence-electron chi connectivity index (χ4n) is 4.52. The summed E-state index contributed by atoms with van der Waals surface area (Å²) in [6.07, 6.45) is 2.81. The Bertz CT molecular complexity index is 911. The number of hydrogen-bond acceptors (Lipinski definition) is 4. The van der Waals surface area contributed by atoms with Crippen molar-refractivity contribution >= 4 is 23.2 Å². The normalized spacial score (nSPS) is 21.9. The lowest BCUT2D eigenvalue weighted by Crippen LogP contribution is -2.33. The van der Waals surface area contributed by atoms with Crippen molar-refractivity contribution in [1.82, 2.24) is 4.90 Å². The Morgan fingerprint density at radius 2 is 1.84 bits per heavy atom. The summed E-state index contributed by atoms with van der Waals surface area (Å²) >= 11 is 0. The Balaban J connectivity index is 1.32. The van der Waals surface area contributed by atoms with Crippen LogP contribution in [0.1, 0.15) is 31.7 Å². The summed E-state index contributed by atoms with van der Waals surface area (Å²) in [5.74, 6) is 1.00.